The highest BCUT2D eigenvalue weighted by atomic mass is 32.1. The lowest BCUT2D eigenvalue weighted by Crippen LogP contribution is -2.55. The first-order valence-electron chi connectivity index (χ1n) is 6.37. The van der Waals surface area contributed by atoms with E-state index in [1.807, 2.05) is 17.5 Å². The highest BCUT2D eigenvalue weighted by molar-refractivity contribution is 7.12. The Balaban J connectivity index is 1.45. The van der Waals surface area contributed by atoms with Crippen LogP contribution in [0.3, 0.4) is 0 Å². The van der Waals surface area contributed by atoms with E-state index in [9.17, 15) is 9.59 Å². The largest absolute Gasteiger partial charge is 0.467 e. The van der Waals surface area contributed by atoms with Crippen molar-refractivity contribution in [3.63, 3.8) is 0 Å². The van der Waals surface area contributed by atoms with Crippen LogP contribution in [0.1, 0.15) is 15.4 Å². The van der Waals surface area contributed by atoms with Crippen molar-refractivity contribution in [2.75, 3.05) is 13.1 Å². The molecule has 0 bridgehead atoms. The van der Waals surface area contributed by atoms with E-state index in [0.717, 1.165) is 10.6 Å². The minimum absolute atomic E-state index is 0.00934. The molecule has 2 aromatic rings. The minimum atomic E-state index is -0.117. The number of carbonyl (C=O) groups excluding carboxylic acids is 2. The van der Waals surface area contributed by atoms with E-state index < -0.39 is 0 Å². The highest BCUT2D eigenvalue weighted by Crippen LogP contribution is 2.21. The Morgan fingerprint density at radius 2 is 2.20 bits per heavy atom. The molecule has 0 aliphatic carbocycles. The molecule has 0 aromatic carbocycles. The van der Waals surface area contributed by atoms with Gasteiger partial charge in [-0.25, -0.2) is 0 Å². The third kappa shape index (κ3) is 2.60. The molecule has 3 rings (SSSR count). The van der Waals surface area contributed by atoms with Crippen molar-refractivity contribution >= 4 is 23.2 Å². The number of hydrogen-bond donors (Lipinski definition) is 1. The summed E-state index contributed by atoms with van der Waals surface area (Å²) in [5.41, 5.74) is 0. The van der Waals surface area contributed by atoms with Crippen LogP contribution in [0.4, 0.5) is 0 Å². The SMILES string of the molecule is O=C(NCc1ccco1)C1CN(C(=O)c2cccs2)C1. The van der Waals surface area contributed by atoms with Gasteiger partial charge < -0.3 is 14.6 Å². The van der Waals surface area contributed by atoms with E-state index in [-0.39, 0.29) is 17.7 Å². The Labute approximate surface area is 120 Å². The second kappa shape index (κ2) is 5.50. The van der Waals surface area contributed by atoms with Gasteiger partial charge in [0.15, 0.2) is 0 Å². The zero-order chi connectivity index (χ0) is 13.9. The summed E-state index contributed by atoms with van der Waals surface area (Å²) in [4.78, 5) is 26.3. The van der Waals surface area contributed by atoms with Gasteiger partial charge in [-0.3, -0.25) is 9.59 Å². The van der Waals surface area contributed by atoms with Gasteiger partial charge in [0, 0.05) is 13.1 Å². The maximum absolute atomic E-state index is 12.0. The van der Waals surface area contributed by atoms with Gasteiger partial charge in [0.2, 0.25) is 5.91 Å². The first kappa shape index (κ1) is 12.9. The molecule has 0 radical (unpaired) electrons. The molecule has 0 unspecified atom stereocenters. The molecule has 0 atom stereocenters. The fraction of sp³-hybridized carbons (Fsp3) is 0.286. The van der Waals surface area contributed by atoms with Crippen molar-refractivity contribution in [1.82, 2.24) is 10.2 Å². The zero-order valence-corrected chi connectivity index (χ0v) is 11.6. The van der Waals surface area contributed by atoms with Gasteiger partial charge in [-0.05, 0) is 23.6 Å². The van der Waals surface area contributed by atoms with Crippen LogP contribution < -0.4 is 5.32 Å². The Morgan fingerprint density at radius 1 is 1.35 bits per heavy atom. The molecule has 20 heavy (non-hydrogen) atoms. The van der Waals surface area contributed by atoms with Crippen LogP contribution in [-0.2, 0) is 11.3 Å². The third-order valence-electron chi connectivity index (χ3n) is 3.29. The average Bonchev–Trinajstić information content (AvgIpc) is 3.07. The van der Waals surface area contributed by atoms with E-state index >= 15 is 0 Å². The van der Waals surface area contributed by atoms with Gasteiger partial charge in [0.25, 0.3) is 5.91 Å². The lowest BCUT2D eigenvalue weighted by Gasteiger charge is -2.37. The summed E-state index contributed by atoms with van der Waals surface area (Å²) in [5, 5.41) is 4.69. The highest BCUT2D eigenvalue weighted by Gasteiger charge is 2.36. The van der Waals surface area contributed by atoms with Crippen LogP contribution in [-0.4, -0.2) is 29.8 Å². The Morgan fingerprint density at radius 3 is 2.85 bits per heavy atom. The van der Waals surface area contributed by atoms with Crippen LogP contribution in [0.15, 0.2) is 40.3 Å². The Kier molecular flexibility index (Phi) is 3.56. The molecule has 5 nitrogen and oxygen atoms in total. The first-order valence-corrected chi connectivity index (χ1v) is 7.25. The van der Waals surface area contributed by atoms with Crippen LogP contribution in [0.5, 0.6) is 0 Å². The molecular formula is C14H14N2O3S. The molecular weight excluding hydrogens is 276 g/mol. The fourth-order valence-corrected chi connectivity index (χ4v) is 2.79. The van der Waals surface area contributed by atoms with Gasteiger partial charge in [-0.1, -0.05) is 6.07 Å². The number of thiophene rings is 1. The normalized spacial score (nSPS) is 14.9. The first-order chi connectivity index (χ1) is 9.74. The van der Waals surface area contributed by atoms with Gasteiger partial charge >= 0.3 is 0 Å². The molecule has 6 heteroatoms. The molecule has 104 valence electrons. The minimum Gasteiger partial charge on any atom is -0.467 e. The number of nitrogens with one attached hydrogen (secondary N) is 1. The van der Waals surface area contributed by atoms with E-state index in [1.54, 1.807) is 23.3 Å². The Hall–Kier alpha value is -2.08. The van der Waals surface area contributed by atoms with E-state index in [2.05, 4.69) is 5.32 Å². The van der Waals surface area contributed by atoms with Gasteiger partial charge in [0.1, 0.15) is 5.76 Å². The van der Waals surface area contributed by atoms with E-state index in [0.29, 0.717) is 19.6 Å². The maximum Gasteiger partial charge on any atom is 0.263 e. The van der Waals surface area contributed by atoms with Gasteiger partial charge in [0.05, 0.1) is 23.6 Å². The van der Waals surface area contributed by atoms with Gasteiger partial charge in [-0.15, -0.1) is 11.3 Å². The van der Waals surface area contributed by atoms with Crippen molar-refractivity contribution in [2.45, 2.75) is 6.54 Å². The summed E-state index contributed by atoms with van der Waals surface area (Å²) in [7, 11) is 0. The molecule has 2 amide bonds. The Bertz CT molecular complexity index is 586. The number of nitrogens with zero attached hydrogens (tertiary/aromatic N) is 1. The molecule has 1 N–H and O–H groups in total. The number of hydrogen-bond acceptors (Lipinski definition) is 4. The number of likely N-dealkylation sites (tertiary alicyclic amines) is 1. The molecule has 1 aliphatic heterocycles. The van der Waals surface area contributed by atoms with Crippen molar-refractivity contribution in [3.05, 3.63) is 46.5 Å². The van der Waals surface area contributed by atoms with E-state index in [1.165, 1.54) is 11.3 Å². The molecule has 2 aromatic heterocycles. The zero-order valence-electron chi connectivity index (χ0n) is 10.7. The van der Waals surface area contributed by atoms with Crippen LogP contribution in [0.2, 0.25) is 0 Å². The lowest BCUT2D eigenvalue weighted by molar-refractivity contribution is -0.129. The fourth-order valence-electron chi connectivity index (χ4n) is 2.10. The summed E-state index contributed by atoms with van der Waals surface area (Å²) in [6.07, 6.45) is 1.58. The smallest absolute Gasteiger partial charge is 0.263 e. The second-order valence-electron chi connectivity index (χ2n) is 4.68. The predicted octanol–water partition coefficient (Wildman–Crippen LogP) is 1.73. The third-order valence-corrected chi connectivity index (χ3v) is 4.15. The summed E-state index contributed by atoms with van der Waals surface area (Å²) < 4.78 is 5.15. The number of rotatable bonds is 4. The van der Waals surface area contributed by atoms with Crippen molar-refractivity contribution in [3.8, 4) is 0 Å². The standard InChI is InChI=1S/C14H14N2O3S/c17-13(15-7-11-3-1-5-19-11)10-8-16(9-10)14(18)12-4-2-6-20-12/h1-6,10H,7-9H2,(H,15,17). The quantitative estimate of drug-likeness (QED) is 0.932. The number of carbonyl (C=O) groups is 2. The summed E-state index contributed by atoms with van der Waals surface area (Å²) >= 11 is 1.42. The molecule has 3 heterocycles. The number of amides is 2. The monoisotopic (exact) mass is 290 g/mol. The lowest BCUT2D eigenvalue weighted by atomic mass is 9.99. The molecule has 1 aliphatic rings. The van der Waals surface area contributed by atoms with Crippen LogP contribution >= 0.6 is 11.3 Å². The second-order valence-corrected chi connectivity index (χ2v) is 5.63. The summed E-state index contributed by atoms with van der Waals surface area (Å²) in [6.45, 7) is 1.36. The van der Waals surface area contributed by atoms with Crippen molar-refractivity contribution < 1.29 is 14.0 Å². The van der Waals surface area contributed by atoms with Crippen molar-refractivity contribution in [1.29, 1.82) is 0 Å². The molecule has 0 saturated carbocycles. The maximum atomic E-state index is 12.0. The van der Waals surface area contributed by atoms with Crippen LogP contribution in [0.25, 0.3) is 0 Å². The van der Waals surface area contributed by atoms with E-state index in [4.69, 9.17) is 4.42 Å². The topological polar surface area (TPSA) is 62.6 Å². The van der Waals surface area contributed by atoms with Gasteiger partial charge in [-0.2, -0.15) is 0 Å². The van der Waals surface area contributed by atoms with Crippen LogP contribution in [0, 0.1) is 5.92 Å². The summed E-state index contributed by atoms with van der Waals surface area (Å²) in [6, 6.07) is 7.25. The number of furan rings is 1. The summed E-state index contributed by atoms with van der Waals surface area (Å²) in [5.74, 6) is 0.588. The molecule has 1 saturated heterocycles. The average molecular weight is 290 g/mol. The predicted molar refractivity (Wildman–Crippen MR) is 74.3 cm³/mol. The molecule has 0 spiro atoms. The molecule has 1 fully saturated rings. The van der Waals surface area contributed by atoms with Crippen molar-refractivity contribution in [2.24, 2.45) is 5.92 Å².